The van der Waals surface area contributed by atoms with Gasteiger partial charge in [-0.25, -0.2) is 0 Å². The molecule has 24 heavy (non-hydrogen) atoms. The number of aliphatic imine (C=N–C) groups is 1. The number of piperazine rings is 1. The van der Waals surface area contributed by atoms with Crippen molar-refractivity contribution in [1.82, 2.24) is 15.1 Å². The highest BCUT2D eigenvalue weighted by molar-refractivity contribution is 6.33. The van der Waals surface area contributed by atoms with Gasteiger partial charge >= 0.3 is 0 Å². The third kappa shape index (κ3) is 4.14. The van der Waals surface area contributed by atoms with Crippen LogP contribution in [0.4, 0.5) is 5.69 Å². The van der Waals surface area contributed by atoms with Gasteiger partial charge in [0, 0.05) is 46.3 Å². The first-order chi connectivity index (χ1) is 11.7. The zero-order valence-electron chi connectivity index (χ0n) is 14.7. The Morgan fingerprint density at radius 1 is 1.21 bits per heavy atom. The predicted octanol–water partition coefficient (Wildman–Crippen LogP) is 1.99. The summed E-state index contributed by atoms with van der Waals surface area (Å²) in [6.07, 6.45) is 1.28. The van der Waals surface area contributed by atoms with Crippen LogP contribution in [0.15, 0.2) is 29.3 Å². The third-order valence-electron chi connectivity index (χ3n) is 5.02. The Bertz CT molecular complexity index is 568. The summed E-state index contributed by atoms with van der Waals surface area (Å²) in [7, 11) is 4.08. The number of anilines is 1. The molecular weight excluding hydrogens is 322 g/mol. The van der Waals surface area contributed by atoms with E-state index in [1.54, 1.807) is 0 Å². The molecule has 2 heterocycles. The minimum atomic E-state index is 0.733. The van der Waals surface area contributed by atoms with Crippen LogP contribution in [0.25, 0.3) is 0 Å². The highest BCUT2D eigenvalue weighted by atomic mass is 35.5. The van der Waals surface area contributed by atoms with Gasteiger partial charge in [0.1, 0.15) is 0 Å². The van der Waals surface area contributed by atoms with E-state index in [1.807, 2.05) is 25.2 Å². The van der Waals surface area contributed by atoms with Gasteiger partial charge in [0.25, 0.3) is 0 Å². The van der Waals surface area contributed by atoms with E-state index in [4.69, 9.17) is 11.6 Å². The molecule has 1 atom stereocenters. The molecule has 1 unspecified atom stereocenters. The van der Waals surface area contributed by atoms with Crippen molar-refractivity contribution in [2.24, 2.45) is 10.9 Å². The lowest BCUT2D eigenvalue weighted by Crippen LogP contribution is -2.53. The second-order valence-corrected chi connectivity index (χ2v) is 7.18. The second kappa shape index (κ2) is 8.08. The van der Waals surface area contributed by atoms with Crippen molar-refractivity contribution in [3.63, 3.8) is 0 Å². The maximum absolute atomic E-state index is 6.32. The minimum absolute atomic E-state index is 0.733. The Morgan fingerprint density at radius 3 is 2.58 bits per heavy atom. The number of nitrogens with zero attached hydrogens (tertiary/aromatic N) is 4. The van der Waals surface area contributed by atoms with Gasteiger partial charge in [-0.1, -0.05) is 23.7 Å². The first-order valence-electron chi connectivity index (χ1n) is 8.81. The summed E-state index contributed by atoms with van der Waals surface area (Å²) in [5.74, 6) is 1.76. The van der Waals surface area contributed by atoms with Crippen LogP contribution in [0.2, 0.25) is 5.02 Å². The van der Waals surface area contributed by atoms with Crippen molar-refractivity contribution in [3.05, 3.63) is 29.3 Å². The zero-order chi connectivity index (χ0) is 16.9. The fourth-order valence-electron chi connectivity index (χ4n) is 3.63. The van der Waals surface area contributed by atoms with Gasteiger partial charge < -0.3 is 20.0 Å². The van der Waals surface area contributed by atoms with Gasteiger partial charge in [0.05, 0.1) is 10.7 Å². The van der Waals surface area contributed by atoms with Crippen LogP contribution in [0.1, 0.15) is 6.42 Å². The van der Waals surface area contributed by atoms with E-state index in [-0.39, 0.29) is 0 Å². The molecule has 2 saturated heterocycles. The molecule has 0 amide bonds. The number of likely N-dealkylation sites (tertiary alicyclic amines) is 1. The third-order valence-corrected chi connectivity index (χ3v) is 5.34. The summed E-state index contributed by atoms with van der Waals surface area (Å²) in [5.41, 5.74) is 1.13. The number of hydrogen-bond acceptors (Lipinski definition) is 3. The van der Waals surface area contributed by atoms with Crippen LogP contribution in [0.5, 0.6) is 0 Å². The molecule has 0 spiro atoms. The predicted molar refractivity (Wildman–Crippen MR) is 102 cm³/mol. The molecule has 3 rings (SSSR count). The number of para-hydroxylation sites is 1. The summed E-state index contributed by atoms with van der Waals surface area (Å²) in [4.78, 5) is 11.6. The molecule has 1 aromatic carbocycles. The monoisotopic (exact) mass is 349 g/mol. The number of rotatable bonds is 3. The summed E-state index contributed by atoms with van der Waals surface area (Å²) in [6.45, 7) is 7.28. The average molecular weight is 350 g/mol. The molecule has 0 saturated carbocycles. The molecule has 0 bridgehead atoms. The van der Waals surface area contributed by atoms with E-state index < -0.39 is 0 Å². The Morgan fingerprint density at radius 2 is 1.96 bits per heavy atom. The Kier molecular flexibility index (Phi) is 5.85. The zero-order valence-corrected chi connectivity index (χ0v) is 15.5. The molecule has 132 valence electrons. The smallest absolute Gasteiger partial charge is 0.193 e. The molecule has 1 aromatic rings. The van der Waals surface area contributed by atoms with Gasteiger partial charge in [0.15, 0.2) is 5.96 Å². The van der Waals surface area contributed by atoms with Crippen LogP contribution in [-0.2, 0) is 0 Å². The van der Waals surface area contributed by atoms with Crippen molar-refractivity contribution in [2.75, 3.05) is 64.8 Å². The molecule has 0 aliphatic carbocycles. The number of guanidine groups is 1. The molecule has 0 radical (unpaired) electrons. The number of nitrogens with one attached hydrogen (secondary N) is 1. The molecule has 5 nitrogen and oxygen atoms in total. The standard InChI is InChI=1S/C18H28ClN5/c1-20-18(21-13-15-7-8-22(2)14-15)24-11-9-23(10-12-24)17-6-4-3-5-16(17)19/h3-6,15H,7-14H2,1-2H3,(H,20,21). The first kappa shape index (κ1) is 17.4. The summed E-state index contributed by atoms with van der Waals surface area (Å²) < 4.78 is 0. The highest BCUT2D eigenvalue weighted by Crippen LogP contribution is 2.26. The fraction of sp³-hybridized carbons (Fsp3) is 0.611. The van der Waals surface area contributed by atoms with Crippen LogP contribution in [0, 0.1) is 5.92 Å². The number of benzene rings is 1. The van der Waals surface area contributed by atoms with Gasteiger partial charge in [-0.3, -0.25) is 4.99 Å². The molecule has 2 aliphatic rings. The molecule has 2 fully saturated rings. The van der Waals surface area contributed by atoms with E-state index in [1.165, 1.54) is 19.5 Å². The van der Waals surface area contributed by atoms with Crippen LogP contribution >= 0.6 is 11.6 Å². The van der Waals surface area contributed by atoms with Crippen LogP contribution in [-0.4, -0.2) is 75.7 Å². The largest absolute Gasteiger partial charge is 0.367 e. The van der Waals surface area contributed by atoms with E-state index in [9.17, 15) is 0 Å². The maximum atomic E-state index is 6.32. The van der Waals surface area contributed by atoms with Crippen molar-refractivity contribution in [2.45, 2.75) is 6.42 Å². The van der Waals surface area contributed by atoms with Crippen LogP contribution in [0.3, 0.4) is 0 Å². The van der Waals surface area contributed by atoms with E-state index in [2.05, 4.69) is 38.1 Å². The van der Waals surface area contributed by atoms with Crippen molar-refractivity contribution in [3.8, 4) is 0 Å². The number of halogens is 1. The topological polar surface area (TPSA) is 34.1 Å². The number of hydrogen-bond donors (Lipinski definition) is 1. The van der Waals surface area contributed by atoms with Crippen molar-refractivity contribution < 1.29 is 0 Å². The molecular formula is C18H28ClN5. The summed E-state index contributed by atoms with van der Waals surface area (Å²) >= 11 is 6.32. The van der Waals surface area contributed by atoms with Gasteiger partial charge in [0.2, 0.25) is 0 Å². The van der Waals surface area contributed by atoms with E-state index in [0.29, 0.717) is 0 Å². The van der Waals surface area contributed by atoms with Crippen LogP contribution < -0.4 is 10.2 Å². The summed E-state index contributed by atoms with van der Waals surface area (Å²) in [6, 6.07) is 8.09. The lowest BCUT2D eigenvalue weighted by atomic mass is 10.1. The quantitative estimate of drug-likeness (QED) is 0.668. The SMILES string of the molecule is CN=C(NCC1CCN(C)C1)N1CCN(c2ccccc2Cl)CC1. The van der Waals surface area contributed by atoms with Gasteiger partial charge in [-0.05, 0) is 38.1 Å². The summed E-state index contributed by atoms with van der Waals surface area (Å²) in [5, 5.41) is 4.40. The van der Waals surface area contributed by atoms with Gasteiger partial charge in [-0.15, -0.1) is 0 Å². The Hall–Kier alpha value is -1.46. The van der Waals surface area contributed by atoms with E-state index >= 15 is 0 Å². The molecule has 2 aliphatic heterocycles. The van der Waals surface area contributed by atoms with Gasteiger partial charge in [-0.2, -0.15) is 0 Å². The first-order valence-corrected chi connectivity index (χ1v) is 9.19. The average Bonchev–Trinajstić information content (AvgIpc) is 3.02. The minimum Gasteiger partial charge on any atom is -0.367 e. The Balaban J connectivity index is 1.50. The van der Waals surface area contributed by atoms with E-state index in [0.717, 1.165) is 55.3 Å². The second-order valence-electron chi connectivity index (χ2n) is 6.77. The van der Waals surface area contributed by atoms with Crippen molar-refractivity contribution in [1.29, 1.82) is 0 Å². The molecule has 6 heteroatoms. The molecule has 0 aromatic heterocycles. The maximum Gasteiger partial charge on any atom is 0.193 e. The lowest BCUT2D eigenvalue weighted by molar-refractivity contribution is 0.363. The van der Waals surface area contributed by atoms with Crippen molar-refractivity contribution >= 4 is 23.2 Å². The highest BCUT2D eigenvalue weighted by Gasteiger charge is 2.23. The normalized spacial score (nSPS) is 23.0. The fourth-order valence-corrected chi connectivity index (χ4v) is 3.88. The Labute approximate surface area is 150 Å². The molecule has 1 N–H and O–H groups in total. The lowest BCUT2D eigenvalue weighted by Gasteiger charge is -2.38.